The van der Waals surface area contributed by atoms with E-state index in [-0.39, 0.29) is 0 Å². The number of nitrogens with one attached hydrogen (secondary N) is 2. The van der Waals surface area contributed by atoms with E-state index in [2.05, 4.69) is 33.4 Å². The fourth-order valence-electron chi connectivity index (χ4n) is 3.74. The van der Waals surface area contributed by atoms with Gasteiger partial charge < -0.3 is 29.6 Å². The van der Waals surface area contributed by atoms with Crippen LogP contribution in [0.4, 0.5) is 17.6 Å². The van der Waals surface area contributed by atoms with Crippen molar-refractivity contribution in [2.75, 3.05) is 48.0 Å². The molecule has 29 heavy (non-hydrogen) atoms. The summed E-state index contributed by atoms with van der Waals surface area (Å²) >= 11 is 5.44. The Morgan fingerprint density at radius 1 is 1.21 bits per heavy atom. The Bertz CT molecular complexity index is 809. The molecule has 0 aliphatic carbocycles. The van der Waals surface area contributed by atoms with Gasteiger partial charge in [-0.1, -0.05) is 0 Å². The van der Waals surface area contributed by atoms with Crippen LogP contribution in [0.1, 0.15) is 31.9 Å². The Labute approximate surface area is 176 Å². The monoisotopic (exact) mass is 416 g/mol. The fraction of sp³-hybridized carbons (Fsp3) is 0.550. The number of nitrogens with zero attached hydrogens (tertiary/aromatic N) is 4. The summed E-state index contributed by atoms with van der Waals surface area (Å²) in [4.78, 5) is 14.1. The van der Waals surface area contributed by atoms with Gasteiger partial charge in [0.25, 0.3) is 0 Å². The van der Waals surface area contributed by atoms with Gasteiger partial charge >= 0.3 is 0 Å². The van der Waals surface area contributed by atoms with E-state index in [1.165, 1.54) is 19.3 Å². The van der Waals surface area contributed by atoms with Crippen molar-refractivity contribution in [2.24, 2.45) is 0 Å². The summed E-state index contributed by atoms with van der Waals surface area (Å²) < 4.78 is 10.8. The molecule has 0 bridgehead atoms. The molecule has 8 nitrogen and oxygen atoms in total. The number of furan rings is 1. The minimum atomic E-state index is 0.466. The van der Waals surface area contributed by atoms with Crippen LogP contribution in [0, 0.1) is 0 Å². The normalized spacial score (nSPS) is 19.8. The molecule has 0 radical (unpaired) electrons. The van der Waals surface area contributed by atoms with Crippen LogP contribution in [0.2, 0.25) is 0 Å². The van der Waals surface area contributed by atoms with Gasteiger partial charge in [-0.25, -0.2) is 0 Å². The largest absolute Gasteiger partial charge is 0.467 e. The first kappa shape index (κ1) is 19.9. The van der Waals surface area contributed by atoms with Crippen molar-refractivity contribution in [1.29, 1.82) is 0 Å². The molecule has 4 heterocycles. The van der Waals surface area contributed by atoms with Crippen LogP contribution in [-0.4, -0.2) is 54.0 Å². The standard InChI is InChI=1S/C20H28N6O2S/c1-15-5-2-3-7-26(15)18-13-17(25-8-11-27-12-9-25)22-19(23-18)24-20(29)21-14-16-6-4-10-28-16/h4,6,10,13,15H,2-3,5,7-9,11-12,14H2,1H3,(H2,21,22,23,24,29)/t15-/m0/s1. The number of morpholine rings is 1. The first-order valence-electron chi connectivity index (χ1n) is 10.2. The van der Waals surface area contributed by atoms with E-state index >= 15 is 0 Å². The van der Waals surface area contributed by atoms with Crippen molar-refractivity contribution in [3.8, 4) is 0 Å². The summed E-state index contributed by atoms with van der Waals surface area (Å²) in [5.74, 6) is 3.19. The van der Waals surface area contributed by atoms with Gasteiger partial charge in [-0.15, -0.1) is 0 Å². The molecular formula is C20H28N6O2S. The topological polar surface area (TPSA) is 78.7 Å². The van der Waals surface area contributed by atoms with Crippen molar-refractivity contribution in [3.63, 3.8) is 0 Å². The molecule has 0 unspecified atom stereocenters. The van der Waals surface area contributed by atoms with E-state index in [9.17, 15) is 0 Å². The Morgan fingerprint density at radius 2 is 2.03 bits per heavy atom. The molecular weight excluding hydrogens is 388 g/mol. The van der Waals surface area contributed by atoms with Crippen molar-refractivity contribution < 1.29 is 9.15 Å². The van der Waals surface area contributed by atoms with Crippen LogP contribution in [0.5, 0.6) is 0 Å². The molecule has 1 atom stereocenters. The summed E-state index contributed by atoms with van der Waals surface area (Å²) in [5, 5.41) is 6.76. The highest BCUT2D eigenvalue weighted by Crippen LogP contribution is 2.27. The maximum atomic E-state index is 5.50. The van der Waals surface area contributed by atoms with E-state index < -0.39 is 0 Å². The van der Waals surface area contributed by atoms with Crippen LogP contribution in [0.25, 0.3) is 0 Å². The minimum Gasteiger partial charge on any atom is -0.467 e. The number of rotatable bonds is 5. The SMILES string of the molecule is C[C@H]1CCCCN1c1cc(N2CCOCC2)nc(NC(=S)NCc2ccco2)n1. The lowest BCUT2D eigenvalue weighted by Gasteiger charge is -2.35. The zero-order chi connectivity index (χ0) is 20.1. The van der Waals surface area contributed by atoms with Gasteiger partial charge in [-0.2, -0.15) is 9.97 Å². The van der Waals surface area contributed by atoms with E-state index in [0.717, 1.165) is 37.0 Å². The Kier molecular flexibility index (Phi) is 6.46. The number of hydrogen-bond acceptors (Lipinski definition) is 7. The van der Waals surface area contributed by atoms with E-state index in [1.54, 1.807) is 6.26 Å². The van der Waals surface area contributed by atoms with Crippen LogP contribution in [-0.2, 0) is 11.3 Å². The third-order valence-corrected chi connectivity index (χ3v) is 5.61. The number of hydrogen-bond donors (Lipinski definition) is 2. The zero-order valence-corrected chi connectivity index (χ0v) is 17.6. The summed E-state index contributed by atoms with van der Waals surface area (Å²) in [6.07, 6.45) is 5.29. The van der Waals surface area contributed by atoms with Gasteiger partial charge in [-0.3, -0.25) is 0 Å². The second kappa shape index (κ2) is 9.41. The smallest absolute Gasteiger partial charge is 0.232 e. The number of ether oxygens (including phenoxy) is 1. The van der Waals surface area contributed by atoms with Crippen molar-refractivity contribution >= 4 is 34.9 Å². The van der Waals surface area contributed by atoms with Crippen LogP contribution >= 0.6 is 12.2 Å². The molecule has 2 fully saturated rings. The lowest BCUT2D eigenvalue weighted by molar-refractivity contribution is 0.122. The molecule has 0 saturated carbocycles. The lowest BCUT2D eigenvalue weighted by Crippen LogP contribution is -2.40. The predicted octanol–water partition coefficient (Wildman–Crippen LogP) is 2.77. The van der Waals surface area contributed by atoms with Crippen LogP contribution in [0.3, 0.4) is 0 Å². The zero-order valence-electron chi connectivity index (χ0n) is 16.8. The number of aromatic nitrogens is 2. The van der Waals surface area contributed by atoms with Crippen molar-refractivity contribution in [2.45, 2.75) is 38.8 Å². The second-order valence-corrected chi connectivity index (χ2v) is 7.84. The van der Waals surface area contributed by atoms with Crippen LogP contribution in [0.15, 0.2) is 28.9 Å². The molecule has 0 spiro atoms. The highest BCUT2D eigenvalue weighted by molar-refractivity contribution is 7.80. The molecule has 2 aromatic rings. The molecule has 2 aromatic heterocycles. The number of piperidine rings is 1. The average molecular weight is 417 g/mol. The lowest BCUT2D eigenvalue weighted by atomic mass is 10.0. The fourth-order valence-corrected chi connectivity index (χ4v) is 3.91. The molecule has 9 heteroatoms. The maximum Gasteiger partial charge on any atom is 0.232 e. The number of thiocarbonyl (C=S) groups is 1. The molecule has 2 aliphatic rings. The first-order chi connectivity index (χ1) is 14.2. The summed E-state index contributed by atoms with van der Waals surface area (Å²) in [5.41, 5.74) is 0. The van der Waals surface area contributed by atoms with E-state index in [4.69, 9.17) is 31.3 Å². The Hall–Kier alpha value is -2.39. The average Bonchev–Trinajstić information content (AvgIpc) is 3.27. The summed E-state index contributed by atoms with van der Waals surface area (Å²) in [7, 11) is 0. The quantitative estimate of drug-likeness (QED) is 0.715. The summed E-state index contributed by atoms with van der Waals surface area (Å²) in [6, 6.07) is 6.32. The molecule has 4 rings (SSSR count). The summed E-state index contributed by atoms with van der Waals surface area (Å²) in [6.45, 7) is 6.87. The highest BCUT2D eigenvalue weighted by Gasteiger charge is 2.23. The van der Waals surface area contributed by atoms with E-state index in [1.807, 2.05) is 12.1 Å². The second-order valence-electron chi connectivity index (χ2n) is 7.43. The minimum absolute atomic E-state index is 0.466. The van der Waals surface area contributed by atoms with Gasteiger partial charge in [0.1, 0.15) is 17.4 Å². The third kappa shape index (κ3) is 5.16. The maximum absolute atomic E-state index is 5.50. The number of anilines is 3. The van der Waals surface area contributed by atoms with Gasteiger partial charge in [0.2, 0.25) is 5.95 Å². The van der Waals surface area contributed by atoms with E-state index in [0.29, 0.717) is 36.9 Å². The van der Waals surface area contributed by atoms with Crippen molar-refractivity contribution in [1.82, 2.24) is 15.3 Å². The van der Waals surface area contributed by atoms with Gasteiger partial charge in [0.15, 0.2) is 5.11 Å². The van der Waals surface area contributed by atoms with Gasteiger partial charge in [0, 0.05) is 31.7 Å². The molecule has 0 amide bonds. The third-order valence-electron chi connectivity index (χ3n) is 5.36. The molecule has 2 saturated heterocycles. The Balaban J connectivity index is 1.52. The molecule has 2 N–H and O–H groups in total. The molecule has 2 aliphatic heterocycles. The van der Waals surface area contributed by atoms with Gasteiger partial charge in [-0.05, 0) is 50.5 Å². The molecule has 0 aromatic carbocycles. The van der Waals surface area contributed by atoms with Crippen LogP contribution < -0.4 is 20.4 Å². The predicted molar refractivity (Wildman–Crippen MR) is 117 cm³/mol. The molecule has 156 valence electrons. The first-order valence-corrected chi connectivity index (χ1v) is 10.7. The van der Waals surface area contributed by atoms with Gasteiger partial charge in [0.05, 0.1) is 26.0 Å². The van der Waals surface area contributed by atoms with Crippen molar-refractivity contribution in [3.05, 3.63) is 30.2 Å². The highest BCUT2D eigenvalue weighted by atomic mass is 32.1. The Morgan fingerprint density at radius 3 is 2.79 bits per heavy atom.